The van der Waals surface area contributed by atoms with E-state index in [1.807, 2.05) is 31.2 Å². The normalized spacial score (nSPS) is 10.6. The van der Waals surface area contributed by atoms with Gasteiger partial charge in [0.15, 0.2) is 11.5 Å². The highest BCUT2D eigenvalue weighted by atomic mass is 35.5. The van der Waals surface area contributed by atoms with Crippen molar-refractivity contribution in [1.29, 1.82) is 10.5 Å². The molecule has 0 heterocycles. The second-order valence-corrected chi connectivity index (χ2v) is 8.28. The van der Waals surface area contributed by atoms with E-state index in [0.29, 0.717) is 39.8 Å². The Morgan fingerprint density at radius 3 is 2.61 bits per heavy atom. The van der Waals surface area contributed by atoms with Crippen molar-refractivity contribution in [3.63, 3.8) is 0 Å². The maximum Gasteiger partial charge on any atom is 0.266 e. The van der Waals surface area contributed by atoms with Gasteiger partial charge in [0.25, 0.3) is 5.91 Å². The number of aryl methyl sites for hydroxylation is 1. The number of rotatable bonds is 9. The zero-order valence-electron chi connectivity index (χ0n) is 20.0. The lowest BCUT2D eigenvalue weighted by molar-refractivity contribution is -0.112. The number of benzene rings is 3. The second kappa shape index (κ2) is 12.3. The van der Waals surface area contributed by atoms with Crippen molar-refractivity contribution in [2.45, 2.75) is 20.0 Å². The SMILES string of the molecule is C=CCc1cc(/C=C(\C#N)C(=O)Nc2cc(Cl)ccc2C)cc(OC)c1OCc1ccccc1C#N. The van der Waals surface area contributed by atoms with Crippen LogP contribution in [0.15, 0.2) is 72.8 Å². The van der Waals surface area contributed by atoms with Gasteiger partial charge in [0, 0.05) is 21.8 Å². The molecule has 0 saturated carbocycles. The number of ether oxygens (including phenoxy) is 2. The first-order chi connectivity index (χ1) is 17.4. The lowest BCUT2D eigenvalue weighted by atomic mass is 10.0. The highest BCUT2D eigenvalue weighted by Crippen LogP contribution is 2.35. The minimum Gasteiger partial charge on any atom is -0.493 e. The summed E-state index contributed by atoms with van der Waals surface area (Å²) in [7, 11) is 1.51. The molecule has 0 atom stereocenters. The number of carbonyl (C=O) groups excluding carboxylic acids is 1. The van der Waals surface area contributed by atoms with E-state index >= 15 is 0 Å². The lowest BCUT2D eigenvalue weighted by Crippen LogP contribution is -2.14. The van der Waals surface area contributed by atoms with E-state index in [9.17, 15) is 15.3 Å². The first-order valence-electron chi connectivity index (χ1n) is 11.0. The average Bonchev–Trinajstić information content (AvgIpc) is 2.88. The summed E-state index contributed by atoms with van der Waals surface area (Å²) in [5.41, 5.74) is 3.88. The lowest BCUT2D eigenvalue weighted by Gasteiger charge is -2.16. The first-order valence-corrected chi connectivity index (χ1v) is 11.4. The van der Waals surface area contributed by atoms with Crippen LogP contribution in [0.1, 0.15) is 27.8 Å². The summed E-state index contributed by atoms with van der Waals surface area (Å²) in [6.45, 7) is 5.82. The van der Waals surface area contributed by atoms with Gasteiger partial charge in [0.1, 0.15) is 18.2 Å². The Balaban J connectivity index is 1.94. The van der Waals surface area contributed by atoms with Crippen molar-refractivity contribution in [3.05, 3.63) is 106 Å². The summed E-state index contributed by atoms with van der Waals surface area (Å²) in [6.07, 6.45) is 3.67. The molecular weight excluding hydrogens is 474 g/mol. The van der Waals surface area contributed by atoms with Crippen LogP contribution in [0.3, 0.4) is 0 Å². The van der Waals surface area contributed by atoms with E-state index in [1.54, 1.807) is 42.5 Å². The van der Waals surface area contributed by atoms with Crippen LogP contribution in [0.2, 0.25) is 5.02 Å². The predicted octanol–water partition coefficient (Wildman–Crippen LogP) is 6.38. The minimum absolute atomic E-state index is 0.0856. The fourth-order valence-corrected chi connectivity index (χ4v) is 3.70. The Kier molecular flexibility index (Phi) is 8.89. The van der Waals surface area contributed by atoms with E-state index in [2.05, 4.69) is 18.0 Å². The molecule has 0 aliphatic carbocycles. The Bertz CT molecular complexity index is 1410. The molecule has 7 heteroatoms. The molecule has 0 radical (unpaired) electrons. The summed E-state index contributed by atoms with van der Waals surface area (Å²) >= 11 is 6.04. The molecule has 0 unspecified atom stereocenters. The van der Waals surface area contributed by atoms with Gasteiger partial charge < -0.3 is 14.8 Å². The summed E-state index contributed by atoms with van der Waals surface area (Å²) in [4.78, 5) is 12.8. The van der Waals surface area contributed by atoms with Crippen molar-refractivity contribution >= 4 is 29.3 Å². The van der Waals surface area contributed by atoms with E-state index < -0.39 is 5.91 Å². The van der Waals surface area contributed by atoms with Crippen LogP contribution < -0.4 is 14.8 Å². The molecule has 3 aromatic rings. The second-order valence-electron chi connectivity index (χ2n) is 7.85. The minimum atomic E-state index is -0.555. The number of nitrogens with one attached hydrogen (secondary N) is 1. The molecule has 0 aliphatic rings. The molecule has 3 aromatic carbocycles. The highest BCUT2D eigenvalue weighted by molar-refractivity contribution is 6.31. The molecular formula is C29H24ClN3O3. The van der Waals surface area contributed by atoms with E-state index in [0.717, 1.165) is 16.7 Å². The predicted molar refractivity (Wildman–Crippen MR) is 141 cm³/mol. The molecule has 0 bridgehead atoms. The number of hydrogen-bond acceptors (Lipinski definition) is 5. The van der Waals surface area contributed by atoms with Gasteiger partial charge in [-0.05, 0) is 60.9 Å². The number of nitriles is 2. The quantitative estimate of drug-likeness (QED) is 0.210. The van der Waals surface area contributed by atoms with E-state index in [4.69, 9.17) is 21.1 Å². The summed E-state index contributed by atoms with van der Waals surface area (Å²) < 4.78 is 11.6. The maximum atomic E-state index is 12.8. The fraction of sp³-hybridized carbons (Fsp3) is 0.138. The molecule has 0 spiro atoms. The fourth-order valence-electron chi connectivity index (χ4n) is 3.53. The number of methoxy groups -OCH3 is 1. The largest absolute Gasteiger partial charge is 0.493 e. The molecule has 180 valence electrons. The van der Waals surface area contributed by atoms with Crippen LogP contribution >= 0.6 is 11.6 Å². The molecule has 6 nitrogen and oxygen atoms in total. The van der Waals surface area contributed by atoms with Crippen molar-refractivity contribution in [3.8, 4) is 23.6 Å². The Hall–Kier alpha value is -4.52. The molecule has 0 aliphatic heterocycles. The molecule has 0 aromatic heterocycles. The van der Waals surface area contributed by atoms with Gasteiger partial charge in [0.2, 0.25) is 0 Å². The first kappa shape index (κ1) is 26.1. The third kappa shape index (κ3) is 6.33. The smallest absolute Gasteiger partial charge is 0.266 e. The number of anilines is 1. The Morgan fingerprint density at radius 1 is 1.14 bits per heavy atom. The molecule has 0 fully saturated rings. The highest BCUT2D eigenvalue weighted by Gasteiger charge is 2.16. The van der Waals surface area contributed by atoms with Crippen molar-refractivity contribution in [1.82, 2.24) is 0 Å². The zero-order valence-corrected chi connectivity index (χ0v) is 20.7. The number of hydrogen-bond donors (Lipinski definition) is 1. The van der Waals surface area contributed by atoms with Crippen molar-refractivity contribution in [2.75, 3.05) is 12.4 Å². The molecule has 1 amide bonds. The third-order valence-electron chi connectivity index (χ3n) is 5.37. The van der Waals surface area contributed by atoms with Crippen molar-refractivity contribution in [2.24, 2.45) is 0 Å². The van der Waals surface area contributed by atoms with E-state index in [-0.39, 0.29) is 12.2 Å². The molecule has 0 saturated heterocycles. The van der Waals surface area contributed by atoms with Gasteiger partial charge in [0.05, 0.1) is 18.7 Å². The number of amides is 1. The van der Waals surface area contributed by atoms with Gasteiger partial charge in [-0.3, -0.25) is 4.79 Å². The van der Waals surface area contributed by atoms with Gasteiger partial charge in [-0.25, -0.2) is 0 Å². The summed E-state index contributed by atoms with van der Waals surface area (Å²) in [6, 6.07) is 20.0. The van der Waals surface area contributed by atoms with E-state index in [1.165, 1.54) is 13.2 Å². The molecule has 36 heavy (non-hydrogen) atoms. The Labute approximate surface area is 215 Å². The number of allylic oxidation sites excluding steroid dienone is 1. The number of nitrogens with zero attached hydrogens (tertiary/aromatic N) is 2. The summed E-state index contributed by atoms with van der Waals surface area (Å²) in [5, 5.41) is 22.2. The van der Waals surface area contributed by atoms with Crippen molar-refractivity contribution < 1.29 is 14.3 Å². The van der Waals surface area contributed by atoms with Gasteiger partial charge >= 0.3 is 0 Å². The zero-order chi connectivity index (χ0) is 26.1. The van der Waals surface area contributed by atoms with Gasteiger partial charge in [-0.15, -0.1) is 6.58 Å². The van der Waals surface area contributed by atoms with Crippen LogP contribution in [0, 0.1) is 29.6 Å². The maximum absolute atomic E-state index is 12.8. The topological polar surface area (TPSA) is 95.1 Å². The standard InChI is InChI=1S/C29H24ClN3O3/c1-4-7-21-12-20(13-24(17-32)29(34)33-26-15-25(30)11-10-19(26)2)14-27(35-3)28(21)36-18-23-9-6-5-8-22(23)16-31/h4-6,8-15H,1,7,18H2,2-3H3,(H,33,34)/b24-13+. The Morgan fingerprint density at radius 2 is 1.92 bits per heavy atom. The van der Waals surface area contributed by atoms with Crippen LogP contribution in [0.4, 0.5) is 5.69 Å². The monoisotopic (exact) mass is 497 g/mol. The average molecular weight is 498 g/mol. The van der Waals surface area contributed by atoms with Crippen LogP contribution in [0.25, 0.3) is 6.08 Å². The summed E-state index contributed by atoms with van der Waals surface area (Å²) in [5.74, 6) is 0.374. The van der Waals surface area contributed by atoms with Crippen LogP contribution in [-0.4, -0.2) is 13.0 Å². The molecule has 3 rings (SSSR count). The van der Waals surface area contributed by atoms with Gasteiger partial charge in [-0.1, -0.05) is 41.9 Å². The molecule has 1 N–H and O–H groups in total. The van der Waals surface area contributed by atoms with Crippen LogP contribution in [0.5, 0.6) is 11.5 Å². The van der Waals surface area contributed by atoms with Crippen LogP contribution in [-0.2, 0) is 17.8 Å². The third-order valence-corrected chi connectivity index (χ3v) is 5.61. The number of halogens is 1. The van der Waals surface area contributed by atoms with Gasteiger partial charge in [-0.2, -0.15) is 10.5 Å². The number of carbonyl (C=O) groups is 1.